The smallest absolute Gasteiger partial charge is 0.297 e. The van der Waals surface area contributed by atoms with Crippen molar-refractivity contribution in [2.24, 2.45) is 0 Å². The normalized spacial score (nSPS) is 28.6. The second-order valence-electron chi connectivity index (χ2n) is 17.6. The Balaban J connectivity index is 0.00000216. The summed E-state index contributed by atoms with van der Waals surface area (Å²) in [5, 5.41) is 0. The first-order valence-electron chi connectivity index (χ1n) is 27.3. The third-order valence-corrected chi connectivity index (χ3v) is 10.8. The quantitative estimate of drug-likeness (QED) is 0.0621. The molecular formula is C58H98O11. The zero-order valence-corrected chi connectivity index (χ0v) is 44.8. The number of fused-ring (bicyclic) bond motifs is 6. The lowest BCUT2D eigenvalue weighted by Crippen LogP contribution is -2.60. The maximum absolute atomic E-state index is 7.17. The van der Waals surface area contributed by atoms with Crippen molar-refractivity contribution in [3.05, 3.63) is 97.2 Å². The summed E-state index contributed by atoms with van der Waals surface area (Å²) in [7, 11) is 0. The summed E-state index contributed by atoms with van der Waals surface area (Å²) in [6, 6.07) is 0. The molecule has 5 aliphatic heterocycles. The molecule has 11 heteroatoms. The summed E-state index contributed by atoms with van der Waals surface area (Å²) < 4.78 is 76.2. The lowest BCUT2D eigenvalue weighted by Gasteiger charge is -2.49. The van der Waals surface area contributed by atoms with Crippen LogP contribution < -0.4 is 0 Å². The van der Waals surface area contributed by atoms with Gasteiger partial charge < -0.3 is 9.47 Å². The van der Waals surface area contributed by atoms with Gasteiger partial charge in [0.05, 0.1) is 0 Å². The van der Waals surface area contributed by atoms with Crippen LogP contribution in [0.4, 0.5) is 0 Å². The highest BCUT2D eigenvalue weighted by Gasteiger charge is 2.54. The van der Waals surface area contributed by atoms with E-state index >= 15 is 0 Å². The molecule has 0 amide bonds. The summed E-state index contributed by atoms with van der Waals surface area (Å²) in [4.78, 5) is 0. The lowest BCUT2D eigenvalue weighted by molar-refractivity contribution is -0.608. The van der Waals surface area contributed by atoms with Crippen LogP contribution in [0.3, 0.4) is 0 Å². The summed E-state index contributed by atoms with van der Waals surface area (Å²) in [6.45, 7) is 17.7. The molecule has 8 unspecified atom stereocenters. The molecule has 0 aromatic heterocycles. The van der Waals surface area contributed by atoms with E-state index in [2.05, 4.69) is 135 Å². The van der Waals surface area contributed by atoms with Gasteiger partial charge in [0.15, 0.2) is 32.0 Å². The molecule has 11 nitrogen and oxygen atoms in total. The van der Waals surface area contributed by atoms with Crippen molar-refractivity contribution in [2.45, 2.75) is 266 Å². The van der Waals surface area contributed by atoms with Crippen LogP contribution in [0.25, 0.3) is 0 Å². The highest BCUT2D eigenvalue weighted by atomic mass is 17.1. The number of unbranched alkanes of at least 4 members (excludes halogenated alkanes) is 8. The fraction of sp³-hybridized carbons (Fsp3) is 0.724. The average molecular weight is 971 g/mol. The van der Waals surface area contributed by atoms with Gasteiger partial charge in [-0.1, -0.05) is 211 Å². The predicted octanol–water partition coefficient (Wildman–Crippen LogP) is 16.7. The summed E-state index contributed by atoms with van der Waals surface area (Å²) in [6.07, 6.45) is 48.1. The van der Waals surface area contributed by atoms with Gasteiger partial charge in [0, 0.05) is 44.9 Å². The number of allylic oxidation sites excluding steroid dienone is 9. The van der Waals surface area contributed by atoms with Gasteiger partial charge in [0.2, 0.25) is 0 Å². The first kappa shape index (κ1) is 62.6. The Labute approximate surface area is 420 Å². The van der Waals surface area contributed by atoms with Crippen molar-refractivity contribution in [2.75, 3.05) is 6.79 Å². The largest absolute Gasteiger partial charge is 0.323 e. The summed E-state index contributed by atoms with van der Waals surface area (Å²) in [5.74, 6) is -5.58. The molecule has 8 atom stereocenters. The van der Waals surface area contributed by atoms with Crippen LogP contribution in [-0.2, 0) is 52.1 Å². The van der Waals surface area contributed by atoms with Crippen LogP contribution in [0.15, 0.2) is 97.2 Å². The van der Waals surface area contributed by atoms with E-state index in [0.29, 0.717) is 25.7 Å². The molecule has 0 radical (unpaired) electrons. The molecule has 5 rings (SSSR count). The maximum Gasteiger partial charge on any atom is 0.297 e. The van der Waals surface area contributed by atoms with E-state index in [0.717, 1.165) is 89.9 Å². The van der Waals surface area contributed by atoms with Crippen LogP contribution in [0.5, 0.6) is 0 Å². The summed E-state index contributed by atoms with van der Waals surface area (Å²) >= 11 is 0. The van der Waals surface area contributed by atoms with Crippen molar-refractivity contribution in [1.29, 1.82) is 0 Å². The van der Waals surface area contributed by atoms with E-state index in [-0.39, 0.29) is 26.1 Å². The van der Waals surface area contributed by atoms with Crippen LogP contribution in [0.2, 0.25) is 0 Å². The number of ether oxygens (including phenoxy) is 11. The van der Waals surface area contributed by atoms with E-state index in [4.69, 9.17) is 52.1 Å². The zero-order chi connectivity index (χ0) is 50.2. The minimum absolute atomic E-state index is 0.111. The minimum atomic E-state index is -1.93. The SMILES string of the molecule is CCC=CCCC.CCCC=CCC1OC(CC=CCCC)OC2(CC=CCCC)OC3OCOC(CC=CCCC)(OC(CC=CCCC)OC(CC=CCCC)(O1)OC(CC=CCCC)O3)O2. The van der Waals surface area contributed by atoms with Crippen molar-refractivity contribution >= 4 is 0 Å². The van der Waals surface area contributed by atoms with Crippen LogP contribution in [0.1, 0.15) is 216 Å². The van der Waals surface area contributed by atoms with Crippen LogP contribution >= 0.6 is 0 Å². The molecule has 0 aromatic rings. The van der Waals surface area contributed by atoms with E-state index in [1.54, 1.807) is 0 Å². The van der Waals surface area contributed by atoms with Crippen molar-refractivity contribution in [3.63, 3.8) is 0 Å². The molecule has 4 bridgehead atoms. The fourth-order valence-electron chi connectivity index (χ4n) is 7.11. The predicted molar refractivity (Wildman–Crippen MR) is 279 cm³/mol. The third-order valence-electron chi connectivity index (χ3n) is 10.8. The molecular weight excluding hydrogens is 873 g/mol. The Kier molecular flexibility index (Phi) is 36.3. The number of hydrogen-bond acceptors (Lipinski definition) is 11. The first-order chi connectivity index (χ1) is 33.7. The molecule has 0 spiro atoms. The molecule has 5 aliphatic rings. The third kappa shape index (κ3) is 27.8. The Morgan fingerprint density at radius 1 is 0.333 bits per heavy atom. The fourth-order valence-corrected chi connectivity index (χ4v) is 7.11. The Morgan fingerprint density at radius 3 is 1.10 bits per heavy atom. The van der Waals surface area contributed by atoms with Gasteiger partial charge in [0.25, 0.3) is 24.4 Å². The van der Waals surface area contributed by atoms with Gasteiger partial charge in [-0.2, -0.15) is 0 Å². The van der Waals surface area contributed by atoms with Gasteiger partial charge in [-0.25, -0.2) is 0 Å². The highest BCUT2D eigenvalue weighted by molar-refractivity contribution is 4.94. The van der Waals surface area contributed by atoms with Gasteiger partial charge in [-0.3, -0.25) is 42.6 Å². The average Bonchev–Trinajstić information content (AvgIpc) is 3.32. The maximum atomic E-state index is 7.17. The van der Waals surface area contributed by atoms with Crippen molar-refractivity contribution in [3.8, 4) is 0 Å². The van der Waals surface area contributed by atoms with Gasteiger partial charge in [-0.05, 0) is 57.8 Å². The molecule has 5 fully saturated rings. The van der Waals surface area contributed by atoms with E-state index in [1.807, 2.05) is 24.3 Å². The van der Waals surface area contributed by atoms with Gasteiger partial charge in [-0.15, -0.1) is 0 Å². The van der Waals surface area contributed by atoms with E-state index in [9.17, 15) is 0 Å². The number of rotatable bonds is 31. The van der Waals surface area contributed by atoms with E-state index in [1.165, 1.54) is 19.3 Å². The second-order valence-corrected chi connectivity index (χ2v) is 17.6. The molecule has 0 saturated carbocycles. The minimum Gasteiger partial charge on any atom is -0.323 e. The summed E-state index contributed by atoms with van der Waals surface area (Å²) in [5.41, 5.74) is 0. The van der Waals surface area contributed by atoms with Crippen LogP contribution in [0, 0.1) is 0 Å². The topological polar surface area (TPSA) is 102 Å². The van der Waals surface area contributed by atoms with Crippen LogP contribution in [-0.4, -0.2) is 56.3 Å². The van der Waals surface area contributed by atoms with Crippen molar-refractivity contribution < 1.29 is 52.1 Å². The standard InChI is InChI=1S/C51H84O11.C7H14/c1-8-15-22-29-36-44-54-45(37-30-23-16-9-2)58-51(42-35-28-21-14-7)61-48-52-43-53-49(62-51,40-33-26-19-12-5)59-47(39-32-25-18-11-4)60-50(56-44,41-34-27-20-13-6)57-46(55-48)38-31-24-17-10-3;1-3-5-7-6-4-2/h22-35,44-48H,8-21,36-43H2,1-7H3;5,7H,3-4,6H2,1-2H3. The monoisotopic (exact) mass is 971 g/mol. The Bertz CT molecular complexity index is 1490. The molecule has 5 saturated heterocycles. The first-order valence-corrected chi connectivity index (χ1v) is 27.3. The molecule has 0 N–H and O–H groups in total. The zero-order valence-electron chi connectivity index (χ0n) is 44.8. The molecule has 69 heavy (non-hydrogen) atoms. The lowest BCUT2D eigenvalue weighted by atomic mass is 10.2. The Hall–Kier alpha value is -2.52. The number of hydrogen-bond donors (Lipinski definition) is 0. The highest BCUT2D eigenvalue weighted by Crippen LogP contribution is 2.42. The van der Waals surface area contributed by atoms with Gasteiger partial charge in [0.1, 0.15) is 0 Å². The molecule has 0 aromatic carbocycles. The Morgan fingerprint density at radius 2 is 0.667 bits per heavy atom. The molecule has 5 heterocycles. The second kappa shape index (κ2) is 40.0. The van der Waals surface area contributed by atoms with E-state index < -0.39 is 49.6 Å². The van der Waals surface area contributed by atoms with Gasteiger partial charge >= 0.3 is 0 Å². The molecule has 396 valence electrons. The molecule has 0 aliphatic carbocycles. The van der Waals surface area contributed by atoms with Crippen molar-refractivity contribution in [1.82, 2.24) is 0 Å².